The first-order chi connectivity index (χ1) is 7.83. The molecule has 3 rings (SSSR count). The summed E-state index contributed by atoms with van der Waals surface area (Å²) in [6, 6.07) is 13.2. The molecule has 0 saturated heterocycles. The molecule has 0 fully saturated rings. The summed E-state index contributed by atoms with van der Waals surface area (Å²) >= 11 is 3.74. The van der Waals surface area contributed by atoms with Gasteiger partial charge in [-0.25, -0.2) is 0 Å². The van der Waals surface area contributed by atoms with E-state index >= 15 is 0 Å². The van der Waals surface area contributed by atoms with Crippen LogP contribution in [0.25, 0.3) is 10.1 Å². The Balaban J connectivity index is 2.09. The van der Waals surface area contributed by atoms with Crippen LogP contribution < -0.4 is 0 Å². The molecule has 0 unspecified atom stereocenters. The van der Waals surface area contributed by atoms with Gasteiger partial charge in [0.1, 0.15) is 0 Å². The number of thiophene rings is 2. The number of benzene rings is 1. The lowest BCUT2D eigenvalue weighted by Crippen LogP contribution is -1.83. The summed E-state index contributed by atoms with van der Waals surface area (Å²) in [6.45, 7) is 2.18. The van der Waals surface area contributed by atoms with E-state index in [1.165, 1.54) is 25.4 Å². The van der Waals surface area contributed by atoms with Crippen molar-refractivity contribution < 1.29 is 0 Å². The second kappa shape index (κ2) is 4.04. The van der Waals surface area contributed by atoms with Crippen LogP contribution >= 0.6 is 22.7 Å². The molecule has 0 aliphatic carbocycles. The average Bonchev–Trinajstić information content (AvgIpc) is 2.86. The van der Waals surface area contributed by atoms with Crippen LogP contribution in [0, 0.1) is 6.92 Å². The minimum absolute atomic E-state index is 1.06. The molecule has 80 valence electrons. The fourth-order valence-corrected chi connectivity index (χ4v) is 3.74. The van der Waals surface area contributed by atoms with Gasteiger partial charge < -0.3 is 0 Å². The van der Waals surface area contributed by atoms with E-state index in [-0.39, 0.29) is 0 Å². The van der Waals surface area contributed by atoms with Gasteiger partial charge >= 0.3 is 0 Å². The zero-order chi connectivity index (χ0) is 11.0. The second-order valence-electron chi connectivity index (χ2n) is 3.95. The molecule has 0 saturated carbocycles. The smallest absolute Gasteiger partial charge is 0.0381 e. The van der Waals surface area contributed by atoms with Crippen molar-refractivity contribution in [3.63, 3.8) is 0 Å². The molecule has 0 aliphatic rings. The van der Waals surface area contributed by atoms with Crippen LogP contribution in [0.5, 0.6) is 0 Å². The van der Waals surface area contributed by atoms with Gasteiger partial charge in [0, 0.05) is 20.9 Å². The zero-order valence-corrected chi connectivity index (χ0v) is 10.7. The largest absolute Gasteiger partial charge is 0.149 e. The fraction of sp³-hybridized carbons (Fsp3) is 0.143. The van der Waals surface area contributed by atoms with Crippen LogP contribution in [0.1, 0.15) is 15.3 Å². The third kappa shape index (κ3) is 1.79. The molecule has 0 amide bonds. The third-order valence-electron chi connectivity index (χ3n) is 2.69. The monoisotopic (exact) mass is 244 g/mol. The van der Waals surface area contributed by atoms with Gasteiger partial charge in [-0.05, 0) is 35.4 Å². The van der Waals surface area contributed by atoms with Gasteiger partial charge in [-0.1, -0.05) is 24.3 Å². The predicted octanol–water partition coefficient (Wildman–Crippen LogP) is 4.86. The Bertz CT molecular complexity index is 603. The van der Waals surface area contributed by atoms with E-state index in [0.29, 0.717) is 0 Å². The summed E-state index contributed by atoms with van der Waals surface area (Å²) in [4.78, 5) is 2.84. The lowest BCUT2D eigenvalue weighted by atomic mass is 10.1. The average molecular weight is 244 g/mol. The molecule has 2 aromatic heterocycles. The highest BCUT2D eigenvalue weighted by Gasteiger charge is 2.05. The standard InChI is InChI=1S/C14H12S2/c1-10-8-11-4-2-5-12(14(11)16-10)9-13-6-3-7-15-13/h2-8H,9H2,1H3. The van der Waals surface area contributed by atoms with Crippen molar-refractivity contribution in [2.75, 3.05) is 0 Å². The maximum Gasteiger partial charge on any atom is 0.0381 e. The molecule has 1 aromatic carbocycles. The summed E-state index contributed by atoms with van der Waals surface area (Å²) in [5.74, 6) is 0. The van der Waals surface area contributed by atoms with Gasteiger partial charge in [-0.2, -0.15) is 0 Å². The van der Waals surface area contributed by atoms with E-state index in [0.717, 1.165) is 6.42 Å². The Morgan fingerprint density at radius 3 is 2.88 bits per heavy atom. The highest BCUT2D eigenvalue weighted by molar-refractivity contribution is 7.19. The van der Waals surface area contributed by atoms with Gasteiger partial charge in [0.05, 0.1) is 0 Å². The summed E-state index contributed by atoms with van der Waals surface area (Å²) in [5.41, 5.74) is 1.46. The Labute approximate surface area is 103 Å². The molecule has 0 aliphatic heterocycles. The summed E-state index contributed by atoms with van der Waals surface area (Å²) in [6.07, 6.45) is 1.06. The first-order valence-corrected chi connectivity index (χ1v) is 7.03. The molecule has 0 bridgehead atoms. The van der Waals surface area contributed by atoms with E-state index in [9.17, 15) is 0 Å². The molecule has 0 spiro atoms. The SMILES string of the molecule is Cc1cc2cccc(Cc3cccs3)c2s1. The molecular weight excluding hydrogens is 232 g/mol. The molecule has 0 nitrogen and oxygen atoms in total. The Morgan fingerprint density at radius 2 is 2.06 bits per heavy atom. The van der Waals surface area contributed by atoms with Crippen LogP contribution in [-0.2, 0) is 6.42 Å². The van der Waals surface area contributed by atoms with Crippen LogP contribution in [0.2, 0.25) is 0 Å². The number of hydrogen-bond acceptors (Lipinski definition) is 2. The van der Waals surface area contributed by atoms with E-state index in [4.69, 9.17) is 0 Å². The van der Waals surface area contributed by atoms with Crippen LogP contribution in [0.3, 0.4) is 0 Å². The molecule has 0 atom stereocenters. The van der Waals surface area contributed by atoms with Crippen LogP contribution in [-0.4, -0.2) is 0 Å². The van der Waals surface area contributed by atoms with E-state index in [1.807, 2.05) is 22.7 Å². The van der Waals surface area contributed by atoms with Crippen molar-refractivity contribution in [3.05, 3.63) is 57.1 Å². The normalized spacial score (nSPS) is 11.1. The maximum atomic E-state index is 2.28. The summed E-state index contributed by atoms with van der Waals surface area (Å²) in [5, 5.41) is 3.53. The molecule has 2 heteroatoms. The highest BCUT2D eigenvalue weighted by atomic mass is 32.1. The highest BCUT2D eigenvalue weighted by Crippen LogP contribution is 2.30. The predicted molar refractivity (Wildman–Crippen MR) is 73.7 cm³/mol. The van der Waals surface area contributed by atoms with Crippen molar-refractivity contribution in [3.8, 4) is 0 Å². The number of hydrogen-bond donors (Lipinski definition) is 0. The van der Waals surface area contributed by atoms with Crippen molar-refractivity contribution in [2.24, 2.45) is 0 Å². The lowest BCUT2D eigenvalue weighted by Gasteiger charge is -2.00. The van der Waals surface area contributed by atoms with Crippen molar-refractivity contribution in [2.45, 2.75) is 13.3 Å². The number of rotatable bonds is 2. The maximum absolute atomic E-state index is 2.28. The first-order valence-electron chi connectivity index (χ1n) is 5.33. The molecule has 2 heterocycles. The van der Waals surface area contributed by atoms with Crippen molar-refractivity contribution in [1.82, 2.24) is 0 Å². The molecule has 0 N–H and O–H groups in total. The zero-order valence-electron chi connectivity index (χ0n) is 9.07. The van der Waals surface area contributed by atoms with Gasteiger partial charge in [0.25, 0.3) is 0 Å². The Kier molecular flexibility index (Phi) is 2.54. The topological polar surface area (TPSA) is 0 Å². The first kappa shape index (κ1) is 10.1. The lowest BCUT2D eigenvalue weighted by molar-refractivity contribution is 1.28. The molecule has 16 heavy (non-hydrogen) atoms. The van der Waals surface area contributed by atoms with Gasteiger partial charge in [0.15, 0.2) is 0 Å². The minimum atomic E-state index is 1.06. The summed E-state index contributed by atoms with van der Waals surface area (Å²) in [7, 11) is 0. The van der Waals surface area contributed by atoms with E-state index in [1.54, 1.807) is 0 Å². The number of fused-ring (bicyclic) bond motifs is 1. The van der Waals surface area contributed by atoms with Gasteiger partial charge in [0.2, 0.25) is 0 Å². The molecular formula is C14H12S2. The number of aryl methyl sites for hydroxylation is 1. The third-order valence-corrected chi connectivity index (χ3v) is 4.71. The van der Waals surface area contributed by atoms with Crippen molar-refractivity contribution in [1.29, 1.82) is 0 Å². The Hall–Kier alpha value is -1.12. The van der Waals surface area contributed by atoms with Gasteiger partial charge in [-0.3, -0.25) is 0 Å². The van der Waals surface area contributed by atoms with E-state index in [2.05, 4.69) is 48.7 Å². The van der Waals surface area contributed by atoms with Crippen LogP contribution in [0.15, 0.2) is 41.8 Å². The minimum Gasteiger partial charge on any atom is -0.149 e. The van der Waals surface area contributed by atoms with Crippen LogP contribution in [0.4, 0.5) is 0 Å². The fourth-order valence-electron chi connectivity index (χ4n) is 1.99. The van der Waals surface area contributed by atoms with Gasteiger partial charge in [-0.15, -0.1) is 22.7 Å². The molecule has 0 radical (unpaired) electrons. The second-order valence-corrected chi connectivity index (χ2v) is 6.24. The Morgan fingerprint density at radius 1 is 1.12 bits per heavy atom. The van der Waals surface area contributed by atoms with E-state index < -0.39 is 0 Å². The quantitative estimate of drug-likeness (QED) is 0.604. The molecule has 3 aromatic rings. The van der Waals surface area contributed by atoms with Crippen molar-refractivity contribution >= 4 is 32.8 Å². The summed E-state index contributed by atoms with van der Waals surface area (Å²) < 4.78 is 1.45.